The van der Waals surface area contributed by atoms with Crippen molar-refractivity contribution in [3.8, 4) is 17.5 Å². The third kappa shape index (κ3) is 2.24. The topological polar surface area (TPSA) is 50.0 Å². The standard InChI is InChI=1S/C32H23N3O/c1-20-16-21(17-33)24(18-34-20)22-8-2-5-11-26(22)35-27-12-6-3-9-23(27)30-28(35)14-15-31-19-32(30,31)36-29-13-7-4-10-25(29)31/h2-16,18,20,34H,19H2,1H3. The van der Waals surface area contributed by atoms with Gasteiger partial charge in [0.2, 0.25) is 0 Å². The molecule has 0 bridgehead atoms. The van der Waals surface area contributed by atoms with Crippen LogP contribution in [-0.2, 0) is 11.0 Å². The van der Waals surface area contributed by atoms with E-state index in [0.717, 1.165) is 40.2 Å². The molecule has 8 rings (SSSR count). The number of hydrogen-bond donors (Lipinski definition) is 1. The van der Waals surface area contributed by atoms with Crippen LogP contribution in [0.15, 0.2) is 96.7 Å². The normalized spacial score (nSPS) is 26.4. The van der Waals surface area contributed by atoms with E-state index in [-0.39, 0.29) is 17.1 Å². The first-order chi connectivity index (χ1) is 17.7. The molecular weight excluding hydrogens is 442 g/mol. The van der Waals surface area contributed by atoms with Gasteiger partial charge in [0.15, 0.2) is 5.60 Å². The number of nitrogens with zero attached hydrogens (tertiary/aromatic N) is 2. The van der Waals surface area contributed by atoms with Crippen LogP contribution in [0.1, 0.15) is 35.7 Å². The van der Waals surface area contributed by atoms with E-state index in [1.54, 1.807) is 0 Å². The summed E-state index contributed by atoms with van der Waals surface area (Å²) in [7, 11) is 0. The predicted molar refractivity (Wildman–Crippen MR) is 142 cm³/mol. The monoisotopic (exact) mass is 465 g/mol. The summed E-state index contributed by atoms with van der Waals surface area (Å²) in [5.41, 5.74) is 8.12. The van der Waals surface area contributed by atoms with Crippen molar-refractivity contribution >= 4 is 22.6 Å². The predicted octanol–water partition coefficient (Wildman–Crippen LogP) is 6.37. The lowest BCUT2D eigenvalue weighted by Gasteiger charge is -2.23. The third-order valence-corrected chi connectivity index (χ3v) is 8.37. The number of ether oxygens (including phenoxy) is 1. The van der Waals surface area contributed by atoms with Gasteiger partial charge in [-0.15, -0.1) is 0 Å². The lowest BCUT2D eigenvalue weighted by Crippen LogP contribution is -2.24. The van der Waals surface area contributed by atoms with Crippen molar-refractivity contribution in [3.63, 3.8) is 0 Å². The van der Waals surface area contributed by atoms with E-state index in [2.05, 4.69) is 102 Å². The summed E-state index contributed by atoms with van der Waals surface area (Å²) in [6, 6.07) is 28.0. The fourth-order valence-corrected chi connectivity index (χ4v) is 6.77. The van der Waals surface area contributed by atoms with Gasteiger partial charge in [-0.2, -0.15) is 5.26 Å². The molecule has 4 heteroatoms. The van der Waals surface area contributed by atoms with E-state index < -0.39 is 0 Å². The van der Waals surface area contributed by atoms with E-state index in [0.29, 0.717) is 5.57 Å². The molecule has 2 aliphatic carbocycles. The molecule has 36 heavy (non-hydrogen) atoms. The number of para-hydroxylation sites is 3. The molecular formula is C32H23N3O. The van der Waals surface area contributed by atoms with E-state index in [9.17, 15) is 5.26 Å². The summed E-state index contributed by atoms with van der Waals surface area (Å²) >= 11 is 0. The highest BCUT2D eigenvalue weighted by molar-refractivity contribution is 5.96. The highest BCUT2D eigenvalue weighted by atomic mass is 16.5. The quantitative estimate of drug-likeness (QED) is 0.374. The van der Waals surface area contributed by atoms with Gasteiger partial charge in [0, 0.05) is 46.3 Å². The molecule has 4 aliphatic rings. The van der Waals surface area contributed by atoms with Gasteiger partial charge in [-0.3, -0.25) is 0 Å². The van der Waals surface area contributed by atoms with Crippen LogP contribution in [0.4, 0.5) is 0 Å². The molecule has 0 amide bonds. The molecule has 1 aromatic heterocycles. The summed E-state index contributed by atoms with van der Waals surface area (Å²) in [5, 5.41) is 14.5. The molecule has 1 saturated carbocycles. The van der Waals surface area contributed by atoms with Crippen LogP contribution in [0.3, 0.4) is 0 Å². The first-order valence-electron chi connectivity index (χ1n) is 12.5. The van der Waals surface area contributed by atoms with Gasteiger partial charge in [0.05, 0.1) is 34.0 Å². The Kier molecular flexibility index (Phi) is 3.62. The van der Waals surface area contributed by atoms with Gasteiger partial charge in [-0.05, 0) is 37.3 Å². The number of benzene rings is 3. The first-order valence-corrected chi connectivity index (χ1v) is 12.5. The number of nitriles is 1. The Labute approximate surface area is 209 Å². The van der Waals surface area contributed by atoms with Crippen LogP contribution in [0.2, 0.25) is 0 Å². The van der Waals surface area contributed by atoms with Crippen molar-refractivity contribution < 1.29 is 4.74 Å². The second kappa shape index (κ2) is 6.59. The largest absolute Gasteiger partial charge is 0.481 e. The SMILES string of the molecule is CC1C=C(C#N)C(c2ccccc2-n2c3c(c4ccccc42)C24CC2(C=C3)c2ccccc2O4)=CN1. The summed E-state index contributed by atoms with van der Waals surface area (Å²) in [6.07, 6.45) is 9.60. The van der Waals surface area contributed by atoms with Crippen LogP contribution < -0.4 is 10.1 Å². The maximum absolute atomic E-state index is 9.93. The molecule has 3 aromatic carbocycles. The minimum atomic E-state index is -0.362. The average molecular weight is 466 g/mol. The summed E-state index contributed by atoms with van der Waals surface area (Å²) < 4.78 is 9.16. The van der Waals surface area contributed by atoms with Crippen molar-refractivity contribution in [2.45, 2.75) is 30.4 Å². The van der Waals surface area contributed by atoms with Crippen LogP contribution in [0, 0.1) is 11.3 Å². The minimum absolute atomic E-state index is 0.0895. The number of nitrogens with one attached hydrogen (secondary N) is 1. The zero-order chi connectivity index (χ0) is 24.1. The average Bonchev–Trinajstić information content (AvgIpc) is 3.33. The molecule has 3 heterocycles. The van der Waals surface area contributed by atoms with E-state index >= 15 is 0 Å². The second-order valence-corrected chi connectivity index (χ2v) is 10.2. The maximum atomic E-state index is 9.93. The van der Waals surface area contributed by atoms with Crippen LogP contribution >= 0.6 is 0 Å². The number of fused-ring (bicyclic) bond motifs is 4. The molecule has 1 fully saturated rings. The summed E-state index contributed by atoms with van der Waals surface area (Å²) in [4.78, 5) is 0. The fraction of sp³-hybridized carbons (Fsp3) is 0.156. The zero-order valence-electron chi connectivity index (χ0n) is 19.8. The van der Waals surface area contributed by atoms with Gasteiger partial charge in [0.25, 0.3) is 0 Å². The first kappa shape index (κ1) is 19.8. The molecule has 4 nitrogen and oxygen atoms in total. The number of aromatic nitrogens is 1. The maximum Gasteiger partial charge on any atom is 0.151 e. The lowest BCUT2D eigenvalue weighted by molar-refractivity contribution is 0.186. The van der Waals surface area contributed by atoms with E-state index in [4.69, 9.17) is 4.74 Å². The molecule has 3 atom stereocenters. The Morgan fingerprint density at radius 3 is 2.75 bits per heavy atom. The van der Waals surface area contributed by atoms with Gasteiger partial charge >= 0.3 is 0 Å². The van der Waals surface area contributed by atoms with Crippen molar-refractivity contribution in [2.75, 3.05) is 0 Å². The Bertz CT molecular complexity index is 1760. The molecule has 1 N–H and O–H groups in total. The highest BCUT2D eigenvalue weighted by Gasteiger charge is 2.77. The van der Waals surface area contributed by atoms with Crippen molar-refractivity contribution in [2.24, 2.45) is 0 Å². The number of allylic oxidation sites excluding steroid dienone is 2. The Hall–Kier alpha value is -4.49. The highest BCUT2D eigenvalue weighted by Crippen LogP contribution is 2.75. The van der Waals surface area contributed by atoms with Gasteiger partial charge in [-0.25, -0.2) is 0 Å². The molecule has 0 radical (unpaired) electrons. The molecule has 0 spiro atoms. The van der Waals surface area contributed by atoms with Gasteiger partial charge in [0.1, 0.15) is 5.75 Å². The Morgan fingerprint density at radius 2 is 1.83 bits per heavy atom. The molecule has 3 unspecified atom stereocenters. The van der Waals surface area contributed by atoms with Crippen molar-refractivity contribution in [3.05, 3.63) is 119 Å². The minimum Gasteiger partial charge on any atom is -0.481 e. The molecule has 172 valence electrons. The van der Waals surface area contributed by atoms with Crippen LogP contribution in [0.25, 0.3) is 28.2 Å². The van der Waals surface area contributed by atoms with Crippen molar-refractivity contribution in [1.82, 2.24) is 9.88 Å². The smallest absolute Gasteiger partial charge is 0.151 e. The van der Waals surface area contributed by atoms with E-state index in [1.807, 2.05) is 18.3 Å². The van der Waals surface area contributed by atoms with Crippen LogP contribution in [0.5, 0.6) is 5.75 Å². The zero-order valence-corrected chi connectivity index (χ0v) is 19.8. The van der Waals surface area contributed by atoms with Crippen LogP contribution in [-0.4, -0.2) is 10.6 Å². The number of dihydropyridines is 1. The second-order valence-electron chi connectivity index (χ2n) is 10.2. The third-order valence-electron chi connectivity index (χ3n) is 8.37. The summed E-state index contributed by atoms with van der Waals surface area (Å²) in [6.45, 7) is 2.05. The molecule has 0 saturated heterocycles. The summed E-state index contributed by atoms with van der Waals surface area (Å²) in [5.74, 6) is 0.995. The molecule has 4 aromatic rings. The van der Waals surface area contributed by atoms with E-state index in [1.165, 1.54) is 16.5 Å². The molecule has 2 aliphatic heterocycles. The Balaban J connectivity index is 1.40. The Morgan fingerprint density at radius 1 is 1.03 bits per heavy atom. The number of hydrogen-bond acceptors (Lipinski definition) is 3. The fourth-order valence-electron chi connectivity index (χ4n) is 6.77. The van der Waals surface area contributed by atoms with Crippen molar-refractivity contribution in [1.29, 1.82) is 5.26 Å². The number of rotatable bonds is 2. The van der Waals surface area contributed by atoms with Gasteiger partial charge in [-0.1, -0.05) is 60.7 Å². The van der Waals surface area contributed by atoms with Gasteiger partial charge < -0.3 is 14.6 Å². The lowest BCUT2D eigenvalue weighted by atomic mass is 9.85.